The number of nitrogens with one attached hydrogen (secondary N) is 1. The summed E-state index contributed by atoms with van der Waals surface area (Å²) in [6, 6.07) is 7.26. The molecule has 12 heteroatoms. The van der Waals surface area contributed by atoms with Gasteiger partial charge in [0.25, 0.3) is 5.69 Å². The fourth-order valence-corrected chi connectivity index (χ4v) is 2.15. The molecule has 2 aromatic carbocycles. The van der Waals surface area contributed by atoms with Crippen molar-refractivity contribution in [3.8, 4) is 5.75 Å². The van der Waals surface area contributed by atoms with Crippen LogP contribution in [0, 0.1) is 30.3 Å². The van der Waals surface area contributed by atoms with Crippen LogP contribution in [-0.4, -0.2) is 27.6 Å². The first-order chi connectivity index (χ1) is 12.7. The van der Waals surface area contributed by atoms with Gasteiger partial charge in [-0.2, -0.15) is 5.10 Å². The normalized spacial score (nSPS) is 11.0. The molecule has 0 bridgehead atoms. The van der Waals surface area contributed by atoms with Crippen molar-refractivity contribution in [3.63, 3.8) is 0 Å². The third kappa shape index (κ3) is 4.31. The summed E-state index contributed by atoms with van der Waals surface area (Å²) < 4.78 is 4.92. The monoisotopic (exact) mass is 375 g/mol. The molecule has 0 radical (unpaired) electrons. The van der Waals surface area contributed by atoms with Crippen LogP contribution < -0.4 is 10.2 Å². The Kier molecular flexibility index (Phi) is 5.60. The minimum atomic E-state index is -0.779. The highest BCUT2D eigenvalue weighted by Gasteiger charge is 2.20. The molecule has 0 fully saturated rings. The van der Waals surface area contributed by atoms with Gasteiger partial charge in [0.1, 0.15) is 5.69 Å². The zero-order valence-electron chi connectivity index (χ0n) is 14.1. The number of nitrogens with zero attached hydrogens (tertiary/aromatic N) is 4. The zero-order valence-corrected chi connectivity index (χ0v) is 14.1. The molecule has 0 saturated carbocycles. The number of methoxy groups -OCH3 is 1. The van der Waals surface area contributed by atoms with Crippen molar-refractivity contribution in [2.45, 2.75) is 6.92 Å². The zero-order chi connectivity index (χ0) is 20.1. The van der Waals surface area contributed by atoms with Crippen LogP contribution >= 0.6 is 0 Å². The molecule has 1 N–H and O–H groups in total. The number of nitro benzene ring substituents is 3. The minimum absolute atomic E-state index is 0.0621. The quantitative estimate of drug-likeness (QED) is 0.437. The number of ether oxygens (including phenoxy) is 1. The lowest BCUT2D eigenvalue weighted by Gasteiger charge is -2.06. The molecule has 27 heavy (non-hydrogen) atoms. The molecular weight excluding hydrogens is 362 g/mol. The number of rotatable bonds is 7. The summed E-state index contributed by atoms with van der Waals surface area (Å²) in [6.07, 6.45) is 0. The summed E-state index contributed by atoms with van der Waals surface area (Å²) in [5.74, 6) is 0.0792. The van der Waals surface area contributed by atoms with Crippen molar-refractivity contribution >= 4 is 28.5 Å². The molecule has 0 spiro atoms. The van der Waals surface area contributed by atoms with Gasteiger partial charge in [-0.25, -0.2) is 0 Å². The van der Waals surface area contributed by atoms with E-state index in [-0.39, 0.29) is 17.1 Å². The highest BCUT2D eigenvalue weighted by molar-refractivity contribution is 6.00. The first-order valence-electron chi connectivity index (χ1n) is 7.30. The van der Waals surface area contributed by atoms with Crippen LogP contribution in [0.1, 0.15) is 12.5 Å². The number of hydrazone groups is 1. The van der Waals surface area contributed by atoms with E-state index in [1.807, 2.05) is 0 Å². The molecule has 0 atom stereocenters. The summed E-state index contributed by atoms with van der Waals surface area (Å²) in [4.78, 5) is 30.8. The first-order valence-corrected chi connectivity index (χ1v) is 7.30. The van der Waals surface area contributed by atoms with Gasteiger partial charge >= 0.3 is 11.4 Å². The molecule has 0 unspecified atom stereocenters. The molecule has 140 valence electrons. The van der Waals surface area contributed by atoms with E-state index >= 15 is 0 Å². The predicted octanol–water partition coefficient (Wildman–Crippen LogP) is 3.26. The van der Waals surface area contributed by atoms with E-state index in [2.05, 4.69) is 10.5 Å². The summed E-state index contributed by atoms with van der Waals surface area (Å²) in [7, 11) is 1.30. The van der Waals surface area contributed by atoms with E-state index in [1.165, 1.54) is 32.2 Å². The van der Waals surface area contributed by atoms with Crippen LogP contribution in [0.4, 0.5) is 22.7 Å². The van der Waals surface area contributed by atoms with Crippen LogP contribution in [0.25, 0.3) is 0 Å². The van der Waals surface area contributed by atoms with Crippen LogP contribution in [0.3, 0.4) is 0 Å². The molecular formula is C15H13N5O7. The number of hydrogen-bond donors (Lipinski definition) is 1. The SMILES string of the molecule is COc1ccc(C(C)=NNc2ccc([N+](=O)[O-])cc2[N+](=O)[O-])cc1[N+](=O)[O-]. The highest BCUT2D eigenvalue weighted by Crippen LogP contribution is 2.30. The molecule has 0 aliphatic carbocycles. The lowest BCUT2D eigenvalue weighted by molar-refractivity contribution is -0.393. The fraction of sp³-hybridized carbons (Fsp3) is 0.133. The van der Waals surface area contributed by atoms with Gasteiger partial charge in [-0.1, -0.05) is 0 Å². The van der Waals surface area contributed by atoms with Crippen molar-refractivity contribution in [1.29, 1.82) is 0 Å². The lowest BCUT2D eigenvalue weighted by atomic mass is 10.1. The molecule has 0 heterocycles. The van der Waals surface area contributed by atoms with E-state index in [0.29, 0.717) is 11.3 Å². The first kappa shape index (κ1) is 19.2. The fourth-order valence-electron chi connectivity index (χ4n) is 2.15. The average molecular weight is 375 g/mol. The number of anilines is 1. The van der Waals surface area contributed by atoms with E-state index in [9.17, 15) is 30.3 Å². The molecule has 0 aliphatic heterocycles. The Labute approximate surface area is 151 Å². The van der Waals surface area contributed by atoms with Gasteiger partial charge in [-0.3, -0.25) is 35.8 Å². The second-order valence-corrected chi connectivity index (χ2v) is 5.17. The van der Waals surface area contributed by atoms with Crippen LogP contribution in [0.15, 0.2) is 41.5 Å². The van der Waals surface area contributed by atoms with Gasteiger partial charge in [0, 0.05) is 17.7 Å². The molecule has 0 aliphatic rings. The topological polar surface area (TPSA) is 163 Å². The van der Waals surface area contributed by atoms with E-state index < -0.39 is 26.1 Å². The van der Waals surface area contributed by atoms with E-state index in [4.69, 9.17) is 4.74 Å². The molecule has 0 aromatic heterocycles. The Balaban J connectivity index is 2.35. The van der Waals surface area contributed by atoms with Crippen molar-refractivity contribution in [1.82, 2.24) is 0 Å². The molecule has 12 nitrogen and oxygen atoms in total. The van der Waals surface area contributed by atoms with Gasteiger partial charge in [-0.05, 0) is 25.1 Å². The highest BCUT2D eigenvalue weighted by atomic mass is 16.6. The molecule has 2 aromatic rings. The number of non-ortho nitro benzene ring substituents is 1. The standard InChI is InChI=1S/C15H13N5O7/c1-9(10-3-6-15(27-2)14(7-10)20(25)26)16-17-12-5-4-11(18(21)22)8-13(12)19(23)24/h3-8,17H,1-2H3. The lowest BCUT2D eigenvalue weighted by Crippen LogP contribution is -2.03. The Morgan fingerprint density at radius 1 is 0.963 bits per heavy atom. The summed E-state index contributed by atoms with van der Waals surface area (Å²) in [5, 5.41) is 36.9. The summed E-state index contributed by atoms with van der Waals surface area (Å²) in [5.41, 5.74) is 1.87. The third-order valence-corrected chi connectivity index (χ3v) is 3.53. The van der Waals surface area contributed by atoms with Crippen LogP contribution in [0.2, 0.25) is 0 Å². The smallest absolute Gasteiger partial charge is 0.311 e. The number of hydrogen-bond acceptors (Lipinski definition) is 9. The Bertz CT molecular complexity index is 958. The summed E-state index contributed by atoms with van der Waals surface area (Å²) >= 11 is 0. The van der Waals surface area contributed by atoms with Crippen LogP contribution in [-0.2, 0) is 0 Å². The predicted molar refractivity (Wildman–Crippen MR) is 95.2 cm³/mol. The Morgan fingerprint density at radius 3 is 2.19 bits per heavy atom. The van der Waals surface area contributed by atoms with Crippen molar-refractivity contribution in [2.24, 2.45) is 5.10 Å². The Morgan fingerprint density at radius 2 is 1.63 bits per heavy atom. The van der Waals surface area contributed by atoms with Crippen molar-refractivity contribution in [3.05, 3.63) is 72.3 Å². The Hall–Kier alpha value is -4.09. The second-order valence-electron chi connectivity index (χ2n) is 5.17. The molecule has 2 rings (SSSR count). The van der Waals surface area contributed by atoms with Crippen LogP contribution in [0.5, 0.6) is 5.75 Å². The largest absolute Gasteiger partial charge is 0.490 e. The maximum Gasteiger partial charge on any atom is 0.311 e. The molecule has 0 amide bonds. The van der Waals surface area contributed by atoms with E-state index in [1.54, 1.807) is 0 Å². The molecule has 0 saturated heterocycles. The van der Waals surface area contributed by atoms with Crippen molar-refractivity contribution in [2.75, 3.05) is 12.5 Å². The van der Waals surface area contributed by atoms with Gasteiger partial charge in [0.05, 0.1) is 33.7 Å². The van der Waals surface area contributed by atoms with Gasteiger partial charge in [0.15, 0.2) is 5.75 Å². The third-order valence-electron chi connectivity index (χ3n) is 3.53. The maximum atomic E-state index is 11.1. The second kappa shape index (κ2) is 7.86. The van der Waals surface area contributed by atoms with Crippen molar-refractivity contribution < 1.29 is 19.5 Å². The number of benzene rings is 2. The minimum Gasteiger partial charge on any atom is -0.490 e. The van der Waals surface area contributed by atoms with Gasteiger partial charge < -0.3 is 4.74 Å². The van der Waals surface area contributed by atoms with Gasteiger partial charge in [0.2, 0.25) is 0 Å². The maximum absolute atomic E-state index is 11.1. The van der Waals surface area contributed by atoms with E-state index in [0.717, 1.165) is 18.2 Å². The van der Waals surface area contributed by atoms with Gasteiger partial charge in [-0.15, -0.1) is 0 Å². The number of nitro groups is 3. The summed E-state index contributed by atoms with van der Waals surface area (Å²) in [6.45, 7) is 1.54. The average Bonchev–Trinajstić information content (AvgIpc) is 2.65.